The van der Waals surface area contributed by atoms with Crippen LogP contribution in [0, 0.1) is 6.92 Å². The summed E-state index contributed by atoms with van der Waals surface area (Å²) in [5.74, 6) is -0.239. The van der Waals surface area contributed by atoms with E-state index in [0.29, 0.717) is 6.42 Å². The molecule has 88 valence electrons. The average Bonchev–Trinajstić information content (AvgIpc) is 2.16. The largest absolute Gasteiger partial charge is 0.495 e. The van der Waals surface area contributed by atoms with Crippen molar-refractivity contribution in [3.8, 4) is 5.75 Å². The molecule has 4 nitrogen and oxygen atoms in total. The Morgan fingerprint density at radius 2 is 2.25 bits per heavy atom. The molecule has 1 rings (SSSR count). The van der Waals surface area contributed by atoms with Gasteiger partial charge >= 0.3 is 5.97 Å². The minimum Gasteiger partial charge on any atom is -0.495 e. The summed E-state index contributed by atoms with van der Waals surface area (Å²) in [6, 6.07) is 2.83. The number of carboxylic acid groups (broad SMARTS) is 1. The van der Waals surface area contributed by atoms with E-state index in [2.05, 4.69) is 15.9 Å². The lowest BCUT2D eigenvalue weighted by Gasteiger charge is -2.11. The lowest BCUT2D eigenvalue weighted by molar-refractivity contribution is -0.138. The van der Waals surface area contributed by atoms with E-state index in [1.807, 2.05) is 19.1 Å². The zero-order valence-corrected chi connectivity index (χ0v) is 10.7. The molecule has 1 unspecified atom stereocenters. The van der Waals surface area contributed by atoms with Crippen LogP contribution >= 0.6 is 15.9 Å². The molecule has 1 aromatic rings. The predicted octanol–water partition coefficient (Wildman–Crippen LogP) is 1.72. The first-order valence-corrected chi connectivity index (χ1v) is 5.56. The molecule has 0 aliphatic rings. The van der Waals surface area contributed by atoms with Gasteiger partial charge in [0.2, 0.25) is 0 Å². The smallest absolute Gasteiger partial charge is 0.320 e. The number of methoxy groups -OCH3 is 1. The number of aliphatic carboxylic acids is 1. The molecule has 0 saturated carbocycles. The van der Waals surface area contributed by atoms with Gasteiger partial charge in [0, 0.05) is 0 Å². The van der Waals surface area contributed by atoms with Crippen LogP contribution in [0.4, 0.5) is 0 Å². The van der Waals surface area contributed by atoms with Crippen molar-refractivity contribution < 1.29 is 14.6 Å². The first-order valence-electron chi connectivity index (χ1n) is 4.77. The SMILES string of the molecule is COc1c(C)cc(CC(N)C(=O)O)cc1Br. The lowest BCUT2D eigenvalue weighted by atomic mass is 10.0. The van der Waals surface area contributed by atoms with Crippen LogP contribution in [0.15, 0.2) is 16.6 Å². The monoisotopic (exact) mass is 287 g/mol. The second-order valence-electron chi connectivity index (χ2n) is 3.58. The molecule has 0 aliphatic heterocycles. The number of carboxylic acids is 1. The fourth-order valence-corrected chi connectivity index (χ4v) is 2.29. The fourth-order valence-electron chi connectivity index (χ4n) is 1.52. The molecule has 0 bridgehead atoms. The molecule has 0 aromatic heterocycles. The quantitative estimate of drug-likeness (QED) is 0.885. The third-order valence-electron chi connectivity index (χ3n) is 2.27. The molecule has 0 radical (unpaired) electrons. The zero-order valence-electron chi connectivity index (χ0n) is 9.16. The van der Waals surface area contributed by atoms with E-state index >= 15 is 0 Å². The van der Waals surface area contributed by atoms with E-state index < -0.39 is 12.0 Å². The van der Waals surface area contributed by atoms with Crippen LogP contribution in [0.5, 0.6) is 5.75 Å². The maximum atomic E-state index is 10.6. The number of hydrogen-bond donors (Lipinski definition) is 2. The zero-order chi connectivity index (χ0) is 12.3. The van der Waals surface area contributed by atoms with Crippen LogP contribution in [0.2, 0.25) is 0 Å². The number of rotatable bonds is 4. The van der Waals surface area contributed by atoms with Crippen molar-refractivity contribution in [3.63, 3.8) is 0 Å². The molecule has 0 fully saturated rings. The number of benzene rings is 1. The Kier molecular flexibility index (Phi) is 4.32. The summed E-state index contributed by atoms with van der Waals surface area (Å²) in [6.45, 7) is 1.90. The molecule has 16 heavy (non-hydrogen) atoms. The first kappa shape index (κ1) is 13.0. The number of hydrogen-bond acceptors (Lipinski definition) is 3. The lowest BCUT2D eigenvalue weighted by Crippen LogP contribution is -2.32. The molecule has 5 heteroatoms. The van der Waals surface area contributed by atoms with E-state index in [1.165, 1.54) is 0 Å². The van der Waals surface area contributed by atoms with Crippen LogP contribution in [0.25, 0.3) is 0 Å². The molecule has 0 heterocycles. The summed E-state index contributed by atoms with van der Waals surface area (Å²) in [4.78, 5) is 10.6. The Morgan fingerprint density at radius 3 is 2.69 bits per heavy atom. The van der Waals surface area contributed by atoms with Crippen molar-refractivity contribution in [2.45, 2.75) is 19.4 Å². The van der Waals surface area contributed by atoms with Crippen molar-refractivity contribution in [1.29, 1.82) is 0 Å². The third-order valence-corrected chi connectivity index (χ3v) is 2.86. The minimum atomic E-state index is -0.996. The molecule has 1 atom stereocenters. The van der Waals surface area contributed by atoms with Gasteiger partial charge in [-0.1, -0.05) is 6.07 Å². The maximum Gasteiger partial charge on any atom is 0.320 e. The topological polar surface area (TPSA) is 72.5 Å². The van der Waals surface area contributed by atoms with Crippen LogP contribution in [0.1, 0.15) is 11.1 Å². The van der Waals surface area contributed by atoms with Crippen molar-refractivity contribution in [1.82, 2.24) is 0 Å². The van der Waals surface area contributed by atoms with Gasteiger partial charge in [-0.05, 0) is 46.5 Å². The molecule has 0 saturated heterocycles. The number of aryl methyl sites for hydroxylation is 1. The first-order chi connectivity index (χ1) is 7.45. The highest BCUT2D eigenvalue weighted by molar-refractivity contribution is 9.10. The average molecular weight is 288 g/mol. The van der Waals surface area contributed by atoms with Crippen LogP contribution < -0.4 is 10.5 Å². The van der Waals surface area contributed by atoms with E-state index in [9.17, 15) is 4.79 Å². The molecular formula is C11H14BrNO3. The van der Waals surface area contributed by atoms with Gasteiger partial charge in [-0.25, -0.2) is 0 Å². The summed E-state index contributed by atoms with van der Waals surface area (Å²) in [5, 5.41) is 8.72. The van der Waals surface area contributed by atoms with Gasteiger partial charge in [-0.15, -0.1) is 0 Å². The van der Waals surface area contributed by atoms with Gasteiger partial charge in [0.1, 0.15) is 11.8 Å². The summed E-state index contributed by atoms with van der Waals surface area (Å²) >= 11 is 3.37. The Hall–Kier alpha value is -1.07. The predicted molar refractivity (Wildman–Crippen MR) is 64.7 cm³/mol. The molecule has 1 aromatic carbocycles. The van der Waals surface area contributed by atoms with Gasteiger partial charge in [0.25, 0.3) is 0 Å². The second-order valence-corrected chi connectivity index (χ2v) is 4.43. The number of carbonyl (C=O) groups is 1. The summed E-state index contributed by atoms with van der Waals surface area (Å²) in [7, 11) is 1.59. The van der Waals surface area contributed by atoms with Crippen molar-refractivity contribution in [2.24, 2.45) is 5.73 Å². The van der Waals surface area contributed by atoms with E-state index in [4.69, 9.17) is 15.6 Å². The van der Waals surface area contributed by atoms with E-state index in [1.54, 1.807) is 7.11 Å². The van der Waals surface area contributed by atoms with Gasteiger partial charge in [-0.3, -0.25) is 4.79 Å². The molecule has 3 N–H and O–H groups in total. The third kappa shape index (κ3) is 2.96. The van der Waals surface area contributed by atoms with Crippen molar-refractivity contribution in [3.05, 3.63) is 27.7 Å². The maximum absolute atomic E-state index is 10.6. The normalized spacial score (nSPS) is 12.2. The highest BCUT2D eigenvalue weighted by atomic mass is 79.9. The van der Waals surface area contributed by atoms with Gasteiger partial charge in [-0.2, -0.15) is 0 Å². The summed E-state index contributed by atoms with van der Waals surface area (Å²) < 4.78 is 6.00. The van der Waals surface area contributed by atoms with E-state index in [0.717, 1.165) is 21.3 Å². The molecule has 0 aliphatic carbocycles. The molecular weight excluding hydrogens is 274 g/mol. The van der Waals surface area contributed by atoms with Gasteiger partial charge in [0.15, 0.2) is 0 Å². The second kappa shape index (κ2) is 5.32. The minimum absolute atomic E-state index is 0.304. The van der Waals surface area contributed by atoms with Gasteiger partial charge < -0.3 is 15.6 Å². The Bertz CT molecular complexity index is 383. The van der Waals surface area contributed by atoms with Crippen molar-refractivity contribution in [2.75, 3.05) is 7.11 Å². The summed E-state index contributed by atoms with van der Waals surface area (Å²) in [5.41, 5.74) is 7.30. The van der Waals surface area contributed by atoms with Crippen molar-refractivity contribution >= 4 is 21.9 Å². The van der Waals surface area contributed by atoms with Gasteiger partial charge in [0.05, 0.1) is 11.6 Å². The Morgan fingerprint density at radius 1 is 1.62 bits per heavy atom. The van der Waals surface area contributed by atoms with E-state index in [-0.39, 0.29) is 0 Å². The van der Waals surface area contributed by atoms with Crippen LogP contribution in [-0.4, -0.2) is 24.2 Å². The number of halogens is 1. The van der Waals surface area contributed by atoms with Crippen LogP contribution in [-0.2, 0) is 11.2 Å². The molecule has 0 spiro atoms. The standard InChI is InChI=1S/C11H14BrNO3/c1-6-3-7(5-9(13)11(14)15)4-8(12)10(6)16-2/h3-4,9H,5,13H2,1-2H3,(H,14,15). The number of nitrogens with two attached hydrogens (primary N) is 1. The Labute approximate surface area is 103 Å². The fraction of sp³-hybridized carbons (Fsp3) is 0.364. The molecule has 0 amide bonds. The Balaban J connectivity index is 2.96. The highest BCUT2D eigenvalue weighted by Gasteiger charge is 2.14. The summed E-state index contributed by atoms with van der Waals surface area (Å²) in [6.07, 6.45) is 0.304. The number of ether oxygens (including phenoxy) is 1. The van der Waals surface area contributed by atoms with Crippen LogP contribution in [0.3, 0.4) is 0 Å². The highest BCUT2D eigenvalue weighted by Crippen LogP contribution is 2.30.